The van der Waals surface area contributed by atoms with Gasteiger partial charge in [-0.05, 0) is 0 Å². The topological polar surface area (TPSA) is 78.6 Å². The Hall–Kier alpha value is -2.10. The lowest BCUT2D eigenvalue weighted by Crippen LogP contribution is -2.10. The Morgan fingerprint density at radius 3 is 2.50 bits per heavy atom. The Balaban J connectivity index is 2.36. The fourth-order valence-corrected chi connectivity index (χ4v) is 1.23. The maximum Gasteiger partial charge on any atom is 0.137 e. The first kappa shape index (κ1) is 8.50. The predicted octanol–water partition coefficient (Wildman–Crippen LogP) is 1.36. The zero-order valence-corrected chi connectivity index (χ0v) is 7.49. The second-order valence-corrected chi connectivity index (χ2v) is 2.93. The van der Waals surface area contributed by atoms with Gasteiger partial charge in [-0.1, -0.05) is 24.3 Å². The van der Waals surface area contributed by atoms with Crippen molar-refractivity contribution in [1.82, 2.24) is 9.97 Å². The molecular weight excluding hydrogens is 176 g/mol. The van der Waals surface area contributed by atoms with E-state index in [1.165, 1.54) is 0 Å². The zero-order valence-electron chi connectivity index (χ0n) is 7.49. The van der Waals surface area contributed by atoms with Gasteiger partial charge in [-0.25, -0.2) is 4.98 Å². The van der Waals surface area contributed by atoms with Crippen molar-refractivity contribution in [2.75, 3.05) is 0 Å². The van der Waals surface area contributed by atoms with Gasteiger partial charge in [0, 0.05) is 23.5 Å². The molecule has 1 aromatic carbocycles. The summed E-state index contributed by atoms with van der Waals surface area (Å²) in [6, 6.07) is 7.38. The molecule has 4 nitrogen and oxygen atoms in total. The summed E-state index contributed by atoms with van der Waals surface area (Å²) in [4.78, 5) is 7.13. The number of hydrogen-bond donors (Lipinski definition) is 3. The van der Waals surface area contributed by atoms with Gasteiger partial charge in [0.2, 0.25) is 0 Å². The van der Waals surface area contributed by atoms with E-state index < -0.39 is 0 Å². The van der Waals surface area contributed by atoms with Crippen LogP contribution in [0, 0.1) is 5.41 Å². The van der Waals surface area contributed by atoms with Crippen LogP contribution in [0.15, 0.2) is 36.7 Å². The molecule has 2 aromatic rings. The van der Waals surface area contributed by atoms with Crippen LogP contribution in [0.4, 0.5) is 0 Å². The van der Waals surface area contributed by atoms with E-state index in [4.69, 9.17) is 11.1 Å². The minimum atomic E-state index is 0.0796. The van der Waals surface area contributed by atoms with Crippen molar-refractivity contribution in [2.24, 2.45) is 5.73 Å². The van der Waals surface area contributed by atoms with Gasteiger partial charge in [-0.3, -0.25) is 5.41 Å². The minimum Gasteiger partial charge on any atom is -0.384 e. The third-order valence-electron chi connectivity index (χ3n) is 1.97. The van der Waals surface area contributed by atoms with Crippen LogP contribution >= 0.6 is 0 Å². The van der Waals surface area contributed by atoms with Gasteiger partial charge in [-0.15, -0.1) is 0 Å². The fourth-order valence-electron chi connectivity index (χ4n) is 1.23. The van der Waals surface area contributed by atoms with E-state index in [-0.39, 0.29) is 5.84 Å². The van der Waals surface area contributed by atoms with E-state index in [1.54, 1.807) is 24.5 Å². The number of nitrogens with two attached hydrogens (primary N) is 1. The van der Waals surface area contributed by atoms with Crippen LogP contribution in [0.1, 0.15) is 5.56 Å². The normalized spacial score (nSPS) is 10.0. The Kier molecular flexibility index (Phi) is 2.02. The van der Waals surface area contributed by atoms with Crippen LogP contribution in [-0.2, 0) is 0 Å². The Morgan fingerprint density at radius 2 is 2.00 bits per heavy atom. The molecule has 4 N–H and O–H groups in total. The molecule has 2 rings (SSSR count). The number of nitrogen functional groups attached to an aromatic ring is 1. The molecule has 0 aliphatic carbocycles. The minimum absolute atomic E-state index is 0.0796. The summed E-state index contributed by atoms with van der Waals surface area (Å²) in [5.41, 5.74) is 7.05. The largest absolute Gasteiger partial charge is 0.384 e. The third-order valence-corrected chi connectivity index (χ3v) is 1.97. The molecule has 0 atom stereocenters. The Bertz CT molecular complexity index is 428. The van der Waals surface area contributed by atoms with Gasteiger partial charge in [0.05, 0.1) is 0 Å². The van der Waals surface area contributed by atoms with E-state index in [0.29, 0.717) is 0 Å². The first-order valence-electron chi connectivity index (χ1n) is 4.21. The highest BCUT2D eigenvalue weighted by atomic mass is 14.9. The molecule has 0 spiro atoms. The number of aromatic amines is 1. The summed E-state index contributed by atoms with van der Waals surface area (Å²) < 4.78 is 0. The smallest absolute Gasteiger partial charge is 0.137 e. The van der Waals surface area contributed by atoms with Crippen molar-refractivity contribution in [2.45, 2.75) is 0 Å². The molecule has 0 amide bonds. The van der Waals surface area contributed by atoms with Gasteiger partial charge < -0.3 is 10.7 Å². The number of benzene rings is 1. The number of nitrogens with one attached hydrogen (secondary N) is 2. The molecule has 0 bridgehead atoms. The molecule has 4 heteroatoms. The van der Waals surface area contributed by atoms with Crippen molar-refractivity contribution in [3.63, 3.8) is 0 Å². The highest BCUT2D eigenvalue weighted by molar-refractivity contribution is 5.95. The van der Waals surface area contributed by atoms with Crippen LogP contribution in [0.5, 0.6) is 0 Å². The summed E-state index contributed by atoms with van der Waals surface area (Å²) in [5, 5.41) is 7.23. The lowest BCUT2D eigenvalue weighted by molar-refractivity contribution is 1.31. The maximum absolute atomic E-state index is 7.23. The zero-order chi connectivity index (χ0) is 9.97. The van der Waals surface area contributed by atoms with Crippen LogP contribution < -0.4 is 5.73 Å². The number of rotatable bonds is 2. The third kappa shape index (κ3) is 1.50. The lowest BCUT2D eigenvalue weighted by atomic mass is 10.1. The summed E-state index contributed by atoms with van der Waals surface area (Å²) in [5.74, 6) is 0.899. The van der Waals surface area contributed by atoms with Gasteiger partial charge in [0.1, 0.15) is 11.7 Å². The number of aromatic nitrogens is 2. The van der Waals surface area contributed by atoms with Crippen molar-refractivity contribution < 1.29 is 0 Å². The molecule has 0 unspecified atom stereocenters. The molecule has 0 fully saturated rings. The Labute approximate surface area is 81.3 Å². The van der Waals surface area contributed by atoms with Crippen molar-refractivity contribution >= 4 is 5.84 Å². The molecule has 1 aromatic heterocycles. The molecular formula is C10H10N4. The quantitative estimate of drug-likeness (QED) is 0.489. The lowest BCUT2D eigenvalue weighted by Gasteiger charge is -1.99. The molecule has 0 aliphatic heterocycles. The first-order valence-corrected chi connectivity index (χ1v) is 4.21. The molecule has 0 radical (unpaired) electrons. The average molecular weight is 186 g/mol. The van der Waals surface area contributed by atoms with Gasteiger partial charge >= 0.3 is 0 Å². The molecule has 1 heterocycles. The number of nitrogens with zero attached hydrogens (tertiary/aromatic N) is 1. The van der Waals surface area contributed by atoms with E-state index in [9.17, 15) is 0 Å². The SMILES string of the molecule is N=C(N)c1ccc(-c2ncc[nH]2)cc1. The van der Waals surface area contributed by atoms with E-state index in [2.05, 4.69) is 9.97 Å². The summed E-state index contributed by atoms with van der Waals surface area (Å²) in [6.07, 6.45) is 3.47. The van der Waals surface area contributed by atoms with Crippen molar-refractivity contribution in [3.05, 3.63) is 42.2 Å². The summed E-state index contributed by atoms with van der Waals surface area (Å²) in [7, 11) is 0. The number of amidine groups is 1. The van der Waals surface area contributed by atoms with Crippen LogP contribution in [-0.4, -0.2) is 15.8 Å². The standard InChI is InChI=1S/C10H10N4/c11-9(12)7-1-3-8(4-2-7)10-13-5-6-14-10/h1-6H,(H3,11,12)(H,13,14). The van der Waals surface area contributed by atoms with E-state index in [0.717, 1.165) is 17.0 Å². The van der Waals surface area contributed by atoms with E-state index in [1.807, 2.05) is 12.1 Å². The summed E-state index contributed by atoms with van der Waals surface area (Å²) in [6.45, 7) is 0. The van der Waals surface area contributed by atoms with Crippen LogP contribution in [0.3, 0.4) is 0 Å². The van der Waals surface area contributed by atoms with Gasteiger partial charge in [0.15, 0.2) is 0 Å². The predicted molar refractivity (Wildman–Crippen MR) is 55.0 cm³/mol. The summed E-state index contributed by atoms with van der Waals surface area (Å²) >= 11 is 0. The number of hydrogen-bond acceptors (Lipinski definition) is 2. The van der Waals surface area contributed by atoms with Gasteiger partial charge in [0.25, 0.3) is 0 Å². The number of imidazole rings is 1. The highest BCUT2D eigenvalue weighted by Gasteiger charge is 2.00. The Morgan fingerprint density at radius 1 is 1.29 bits per heavy atom. The second-order valence-electron chi connectivity index (χ2n) is 2.93. The highest BCUT2D eigenvalue weighted by Crippen LogP contribution is 2.14. The fraction of sp³-hybridized carbons (Fsp3) is 0. The molecule has 14 heavy (non-hydrogen) atoms. The van der Waals surface area contributed by atoms with Gasteiger partial charge in [-0.2, -0.15) is 0 Å². The molecule has 0 saturated heterocycles. The van der Waals surface area contributed by atoms with Crippen LogP contribution in [0.2, 0.25) is 0 Å². The number of H-pyrrole nitrogens is 1. The molecule has 0 saturated carbocycles. The second kappa shape index (κ2) is 3.33. The molecule has 70 valence electrons. The van der Waals surface area contributed by atoms with Crippen molar-refractivity contribution in [3.8, 4) is 11.4 Å². The molecule has 0 aliphatic rings. The maximum atomic E-state index is 7.23. The monoisotopic (exact) mass is 186 g/mol. The van der Waals surface area contributed by atoms with E-state index >= 15 is 0 Å². The van der Waals surface area contributed by atoms with Crippen molar-refractivity contribution in [1.29, 1.82) is 5.41 Å². The first-order chi connectivity index (χ1) is 6.77. The van der Waals surface area contributed by atoms with Crippen LogP contribution in [0.25, 0.3) is 11.4 Å². The average Bonchev–Trinajstić information content (AvgIpc) is 2.71.